The highest BCUT2D eigenvalue weighted by atomic mass is 16.5. The van der Waals surface area contributed by atoms with Crippen LogP contribution in [0.5, 0.6) is 6.01 Å². The van der Waals surface area contributed by atoms with Crippen LogP contribution >= 0.6 is 0 Å². The van der Waals surface area contributed by atoms with E-state index >= 15 is 0 Å². The minimum Gasteiger partial charge on any atom is -0.468 e. The van der Waals surface area contributed by atoms with Crippen LogP contribution in [0.1, 0.15) is 31.7 Å². The Balaban J connectivity index is 1.81. The standard InChI is InChI=1S/C15H19N3O/c1-19-15-17-13-4-2-3-5-14(13)18(15)12-8-10-6-7-11(9-12)16-10/h2-5,10-12,16H,6-9H2,1H3. The number of para-hydroxylation sites is 2. The monoisotopic (exact) mass is 257 g/mol. The van der Waals surface area contributed by atoms with E-state index in [0.29, 0.717) is 18.1 Å². The zero-order chi connectivity index (χ0) is 12.8. The third kappa shape index (κ3) is 1.74. The van der Waals surface area contributed by atoms with Crippen LogP contribution in [0, 0.1) is 0 Å². The molecule has 2 aliphatic heterocycles. The van der Waals surface area contributed by atoms with E-state index in [4.69, 9.17) is 4.74 Å². The number of imidazole rings is 1. The molecule has 2 aliphatic rings. The fourth-order valence-corrected chi connectivity index (χ4v) is 3.76. The SMILES string of the molecule is COc1nc2ccccc2n1C1CC2CCC(C1)N2. The Bertz CT molecular complexity index is 594. The number of benzene rings is 1. The first kappa shape index (κ1) is 11.3. The maximum atomic E-state index is 5.51. The van der Waals surface area contributed by atoms with Gasteiger partial charge in [0.15, 0.2) is 0 Å². The lowest BCUT2D eigenvalue weighted by Gasteiger charge is -2.30. The molecule has 1 aromatic carbocycles. The molecule has 2 bridgehead atoms. The summed E-state index contributed by atoms with van der Waals surface area (Å²) in [6, 6.07) is 10.9. The van der Waals surface area contributed by atoms with Gasteiger partial charge in [-0.2, -0.15) is 4.98 Å². The van der Waals surface area contributed by atoms with E-state index in [2.05, 4.69) is 33.1 Å². The van der Waals surface area contributed by atoms with Crippen molar-refractivity contribution in [3.05, 3.63) is 24.3 Å². The topological polar surface area (TPSA) is 39.1 Å². The van der Waals surface area contributed by atoms with Crippen LogP contribution in [-0.2, 0) is 0 Å². The van der Waals surface area contributed by atoms with Crippen molar-refractivity contribution >= 4 is 11.0 Å². The second-order valence-corrected chi connectivity index (χ2v) is 5.72. The lowest BCUT2D eigenvalue weighted by atomic mass is 9.99. The van der Waals surface area contributed by atoms with E-state index in [0.717, 1.165) is 11.5 Å². The summed E-state index contributed by atoms with van der Waals surface area (Å²) in [6.07, 6.45) is 5.01. The number of aromatic nitrogens is 2. The van der Waals surface area contributed by atoms with E-state index < -0.39 is 0 Å². The van der Waals surface area contributed by atoms with Crippen molar-refractivity contribution in [2.24, 2.45) is 0 Å². The van der Waals surface area contributed by atoms with Crippen LogP contribution in [0.4, 0.5) is 0 Å². The van der Waals surface area contributed by atoms with Crippen LogP contribution in [0.2, 0.25) is 0 Å². The molecular weight excluding hydrogens is 238 g/mol. The molecule has 4 nitrogen and oxygen atoms in total. The van der Waals surface area contributed by atoms with Crippen molar-refractivity contribution in [2.45, 2.75) is 43.8 Å². The van der Waals surface area contributed by atoms with E-state index in [1.165, 1.54) is 31.2 Å². The summed E-state index contributed by atoms with van der Waals surface area (Å²) in [5.41, 5.74) is 2.23. The highest BCUT2D eigenvalue weighted by Crippen LogP contribution is 2.38. The predicted octanol–water partition coefficient (Wildman–Crippen LogP) is 2.50. The average molecular weight is 257 g/mol. The number of nitrogens with one attached hydrogen (secondary N) is 1. The van der Waals surface area contributed by atoms with Gasteiger partial charge in [0, 0.05) is 18.1 Å². The van der Waals surface area contributed by atoms with Gasteiger partial charge in [0.25, 0.3) is 6.01 Å². The minimum atomic E-state index is 0.515. The van der Waals surface area contributed by atoms with Crippen molar-refractivity contribution in [3.63, 3.8) is 0 Å². The van der Waals surface area contributed by atoms with Crippen LogP contribution in [0.15, 0.2) is 24.3 Å². The van der Waals surface area contributed by atoms with Crippen LogP contribution in [0.25, 0.3) is 11.0 Å². The number of fused-ring (bicyclic) bond motifs is 3. The van der Waals surface area contributed by atoms with Gasteiger partial charge in [-0.05, 0) is 37.8 Å². The minimum absolute atomic E-state index is 0.515. The van der Waals surface area contributed by atoms with Crippen molar-refractivity contribution in [1.29, 1.82) is 0 Å². The fraction of sp³-hybridized carbons (Fsp3) is 0.533. The second-order valence-electron chi connectivity index (χ2n) is 5.72. The molecule has 19 heavy (non-hydrogen) atoms. The summed E-state index contributed by atoms with van der Waals surface area (Å²) >= 11 is 0. The summed E-state index contributed by atoms with van der Waals surface area (Å²) in [6.45, 7) is 0. The Morgan fingerprint density at radius 1 is 1.21 bits per heavy atom. The molecular formula is C15H19N3O. The van der Waals surface area contributed by atoms with Gasteiger partial charge in [0.2, 0.25) is 0 Å². The highest BCUT2D eigenvalue weighted by Gasteiger charge is 2.35. The molecule has 2 saturated heterocycles. The van der Waals surface area contributed by atoms with Crippen molar-refractivity contribution < 1.29 is 4.74 Å². The summed E-state index contributed by atoms with van der Waals surface area (Å²) in [5.74, 6) is 0. The fourth-order valence-electron chi connectivity index (χ4n) is 3.76. The first-order valence-electron chi connectivity index (χ1n) is 7.12. The Hall–Kier alpha value is -1.55. The third-order valence-electron chi connectivity index (χ3n) is 4.56. The van der Waals surface area contributed by atoms with Crippen LogP contribution < -0.4 is 10.1 Å². The number of hydrogen-bond acceptors (Lipinski definition) is 3. The van der Waals surface area contributed by atoms with Gasteiger partial charge in [-0.1, -0.05) is 12.1 Å². The zero-order valence-electron chi connectivity index (χ0n) is 11.2. The van der Waals surface area contributed by atoms with Crippen molar-refractivity contribution in [3.8, 4) is 6.01 Å². The normalized spacial score (nSPS) is 29.8. The molecule has 0 amide bonds. The van der Waals surface area contributed by atoms with Gasteiger partial charge in [-0.3, -0.25) is 4.57 Å². The number of piperidine rings is 1. The summed E-state index contributed by atoms with van der Waals surface area (Å²) < 4.78 is 7.81. The first-order valence-corrected chi connectivity index (χ1v) is 7.12. The molecule has 0 spiro atoms. The summed E-state index contributed by atoms with van der Waals surface area (Å²) in [7, 11) is 1.72. The molecule has 2 unspecified atom stereocenters. The number of methoxy groups -OCH3 is 1. The second kappa shape index (κ2) is 4.23. The van der Waals surface area contributed by atoms with E-state index in [1.54, 1.807) is 7.11 Å². The van der Waals surface area contributed by atoms with Crippen molar-refractivity contribution in [2.75, 3.05) is 7.11 Å². The number of nitrogens with zero attached hydrogens (tertiary/aromatic N) is 2. The maximum absolute atomic E-state index is 5.51. The Kier molecular flexibility index (Phi) is 2.52. The molecule has 1 aromatic heterocycles. The molecule has 100 valence electrons. The molecule has 2 aromatic rings. The first-order chi connectivity index (χ1) is 9.35. The Labute approximate surface area is 112 Å². The summed E-state index contributed by atoms with van der Waals surface area (Å²) in [4.78, 5) is 4.60. The van der Waals surface area contributed by atoms with Gasteiger partial charge >= 0.3 is 0 Å². The van der Waals surface area contributed by atoms with Crippen LogP contribution in [0.3, 0.4) is 0 Å². The quantitative estimate of drug-likeness (QED) is 0.898. The van der Waals surface area contributed by atoms with E-state index in [9.17, 15) is 0 Å². The molecule has 0 saturated carbocycles. The van der Waals surface area contributed by atoms with Gasteiger partial charge < -0.3 is 10.1 Å². The number of rotatable bonds is 2. The van der Waals surface area contributed by atoms with Gasteiger partial charge in [-0.15, -0.1) is 0 Å². The largest absolute Gasteiger partial charge is 0.468 e. The van der Waals surface area contributed by atoms with E-state index in [1.807, 2.05) is 6.07 Å². The lowest BCUT2D eigenvalue weighted by Crippen LogP contribution is -2.38. The smallest absolute Gasteiger partial charge is 0.297 e. The summed E-state index contributed by atoms with van der Waals surface area (Å²) in [5, 5.41) is 3.69. The Morgan fingerprint density at radius 3 is 2.68 bits per heavy atom. The number of ether oxygens (including phenoxy) is 1. The molecule has 2 fully saturated rings. The lowest BCUT2D eigenvalue weighted by molar-refractivity contribution is 0.270. The predicted molar refractivity (Wildman–Crippen MR) is 74.5 cm³/mol. The molecule has 2 atom stereocenters. The molecule has 4 rings (SSSR count). The van der Waals surface area contributed by atoms with Crippen LogP contribution in [-0.4, -0.2) is 28.7 Å². The third-order valence-corrected chi connectivity index (χ3v) is 4.56. The molecule has 3 heterocycles. The van der Waals surface area contributed by atoms with Gasteiger partial charge in [0.1, 0.15) is 0 Å². The zero-order valence-corrected chi connectivity index (χ0v) is 11.2. The van der Waals surface area contributed by atoms with Gasteiger partial charge in [-0.25, -0.2) is 0 Å². The highest BCUT2D eigenvalue weighted by molar-refractivity contribution is 5.76. The number of hydrogen-bond donors (Lipinski definition) is 1. The molecule has 0 radical (unpaired) electrons. The maximum Gasteiger partial charge on any atom is 0.297 e. The van der Waals surface area contributed by atoms with Crippen molar-refractivity contribution in [1.82, 2.24) is 14.9 Å². The Morgan fingerprint density at radius 2 is 1.95 bits per heavy atom. The molecule has 0 aliphatic carbocycles. The van der Waals surface area contributed by atoms with E-state index in [-0.39, 0.29) is 0 Å². The van der Waals surface area contributed by atoms with Gasteiger partial charge in [0.05, 0.1) is 18.1 Å². The molecule has 4 heteroatoms. The average Bonchev–Trinajstić information content (AvgIpc) is 2.98. The molecule has 1 N–H and O–H groups in total.